The highest BCUT2D eigenvalue weighted by Gasteiger charge is 2.18. The van der Waals surface area contributed by atoms with E-state index in [1.54, 1.807) is 11.8 Å². The summed E-state index contributed by atoms with van der Waals surface area (Å²) in [4.78, 5) is 0. The molecule has 2 unspecified atom stereocenters. The first-order valence-electron chi connectivity index (χ1n) is 6.04. The van der Waals surface area contributed by atoms with E-state index in [2.05, 4.69) is 6.92 Å². The third-order valence-corrected chi connectivity index (χ3v) is 5.47. The summed E-state index contributed by atoms with van der Waals surface area (Å²) in [6, 6.07) is 9.91. The molecule has 0 heterocycles. The Morgan fingerprint density at radius 1 is 1.28 bits per heavy atom. The molecule has 2 N–H and O–H groups in total. The van der Waals surface area contributed by atoms with Crippen LogP contribution in [0.3, 0.4) is 0 Å². The standard InChI is InChI=1S/C13H21NO2S2/c1-3-12(17-9-10-18(2,15)16)13(14)11-7-5-4-6-8-11/h4-8,12-13H,3,9-10,14H2,1-2H3. The van der Waals surface area contributed by atoms with Gasteiger partial charge in [0.25, 0.3) is 0 Å². The Labute approximate surface area is 114 Å². The van der Waals surface area contributed by atoms with E-state index in [-0.39, 0.29) is 17.0 Å². The van der Waals surface area contributed by atoms with Gasteiger partial charge in [0.2, 0.25) is 0 Å². The molecule has 0 fully saturated rings. The maximum Gasteiger partial charge on any atom is 0.148 e. The number of hydrogen-bond acceptors (Lipinski definition) is 4. The van der Waals surface area contributed by atoms with Gasteiger partial charge in [-0.15, -0.1) is 0 Å². The van der Waals surface area contributed by atoms with Crippen molar-refractivity contribution in [2.45, 2.75) is 24.6 Å². The molecule has 1 aromatic carbocycles. The summed E-state index contributed by atoms with van der Waals surface area (Å²) in [5.41, 5.74) is 7.34. The molecule has 1 rings (SSSR count). The maximum absolute atomic E-state index is 11.1. The molecular weight excluding hydrogens is 266 g/mol. The van der Waals surface area contributed by atoms with Gasteiger partial charge in [-0.2, -0.15) is 11.8 Å². The SMILES string of the molecule is CCC(SCCS(C)(=O)=O)C(N)c1ccccc1. The van der Waals surface area contributed by atoms with Gasteiger partial charge >= 0.3 is 0 Å². The number of benzene rings is 1. The topological polar surface area (TPSA) is 60.2 Å². The van der Waals surface area contributed by atoms with Crippen molar-refractivity contribution in [1.82, 2.24) is 0 Å². The lowest BCUT2D eigenvalue weighted by atomic mass is 10.0. The summed E-state index contributed by atoms with van der Waals surface area (Å²) >= 11 is 1.65. The third-order valence-electron chi connectivity index (χ3n) is 2.77. The van der Waals surface area contributed by atoms with Gasteiger partial charge in [0.15, 0.2) is 0 Å². The lowest BCUT2D eigenvalue weighted by Gasteiger charge is -2.22. The van der Waals surface area contributed by atoms with Crippen molar-refractivity contribution >= 4 is 21.6 Å². The lowest BCUT2D eigenvalue weighted by molar-refractivity contribution is 0.603. The average molecular weight is 287 g/mol. The predicted molar refractivity (Wildman–Crippen MR) is 79.6 cm³/mol. The average Bonchev–Trinajstić information content (AvgIpc) is 2.34. The molecule has 0 saturated heterocycles. The largest absolute Gasteiger partial charge is 0.323 e. The fourth-order valence-electron chi connectivity index (χ4n) is 1.72. The number of nitrogens with two attached hydrogens (primary N) is 1. The first kappa shape index (κ1) is 15.5. The summed E-state index contributed by atoms with van der Waals surface area (Å²) in [7, 11) is -2.88. The van der Waals surface area contributed by atoms with Gasteiger partial charge in [0, 0.05) is 23.3 Å². The molecule has 5 heteroatoms. The molecule has 0 aromatic heterocycles. The molecule has 1 aromatic rings. The lowest BCUT2D eigenvalue weighted by Crippen LogP contribution is -2.24. The summed E-state index contributed by atoms with van der Waals surface area (Å²) in [5.74, 6) is 0.827. The van der Waals surface area contributed by atoms with E-state index in [1.165, 1.54) is 6.26 Å². The zero-order valence-corrected chi connectivity index (χ0v) is 12.5. The van der Waals surface area contributed by atoms with Crippen LogP contribution in [0.1, 0.15) is 24.9 Å². The molecular formula is C13H21NO2S2. The summed E-state index contributed by atoms with van der Waals surface area (Å²) < 4.78 is 22.2. The van der Waals surface area contributed by atoms with Crippen LogP contribution in [-0.4, -0.2) is 31.4 Å². The van der Waals surface area contributed by atoms with Crippen molar-refractivity contribution in [2.75, 3.05) is 17.8 Å². The molecule has 0 aliphatic carbocycles. The fraction of sp³-hybridized carbons (Fsp3) is 0.538. The van der Waals surface area contributed by atoms with Crippen molar-refractivity contribution in [3.05, 3.63) is 35.9 Å². The second-order valence-electron chi connectivity index (χ2n) is 4.38. The Morgan fingerprint density at radius 3 is 2.39 bits per heavy atom. The molecule has 0 aliphatic rings. The van der Waals surface area contributed by atoms with Gasteiger partial charge in [0.05, 0.1) is 5.75 Å². The quantitative estimate of drug-likeness (QED) is 0.835. The zero-order valence-electron chi connectivity index (χ0n) is 10.9. The second-order valence-corrected chi connectivity index (χ2v) is 7.99. The van der Waals surface area contributed by atoms with Gasteiger partial charge < -0.3 is 5.73 Å². The van der Waals surface area contributed by atoms with Crippen molar-refractivity contribution in [3.8, 4) is 0 Å². The van der Waals surface area contributed by atoms with E-state index < -0.39 is 9.84 Å². The number of rotatable bonds is 7. The van der Waals surface area contributed by atoms with Gasteiger partial charge in [-0.1, -0.05) is 37.3 Å². The van der Waals surface area contributed by atoms with Crippen LogP contribution < -0.4 is 5.73 Å². The van der Waals surface area contributed by atoms with Gasteiger partial charge in [-0.05, 0) is 12.0 Å². The van der Waals surface area contributed by atoms with Crippen molar-refractivity contribution in [3.63, 3.8) is 0 Å². The molecule has 102 valence electrons. The van der Waals surface area contributed by atoms with E-state index in [9.17, 15) is 8.42 Å². The number of thioether (sulfide) groups is 1. The molecule has 0 saturated carbocycles. The molecule has 0 radical (unpaired) electrons. The summed E-state index contributed by atoms with van der Waals surface area (Å²) in [5, 5.41) is 0.258. The van der Waals surface area contributed by atoms with E-state index in [0.29, 0.717) is 5.75 Å². The Hall–Kier alpha value is -0.520. The van der Waals surface area contributed by atoms with Crippen LogP contribution in [0.25, 0.3) is 0 Å². The van der Waals surface area contributed by atoms with E-state index in [4.69, 9.17) is 5.73 Å². The molecule has 0 bridgehead atoms. The second kappa shape index (κ2) is 7.16. The van der Waals surface area contributed by atoms with Crippen molar-refractivity contribution < 1.29 is 8.42 Å². The number of hydrogen-bond donors (Lipinski definition) is 1. The molecule has 0 amide bonds. The Morgan fingerprint density at radius 2 is 1.89 bits per heavy atom. The van der Waals surface area contributed by atoms with Gasteiger partial charge in [0.1, 0.15) is 9.84 Å². The third kappa shape index (κ3) is 5.42. The summed E-state index contributed by atoms with van der Waals surface area (Å²) in [6.45, 7) is 2.08. The fourth-order valence-corrected chi connectivity index (χ4v) is 4.22. The number of sulfone groups is 1. The van der Waals surface area contributed by atoms with Crippen LogP contribution in [0.2, 0.25) is 0 Å². The Kier molecular flexibility index (Phi) is 6.18. The maximum atomic E-state index is 11.1. The normalized spacial score (nSPS) is 15.3. The first-order valence-corrected chi connectivity index (χ1v) is 9.15. The minimum atomic E-state index is -2.88. The zero-order chi connectivity index (χ0) is 13.6. The molecule has 3 nitrogen and oxygen atoms in total. The van der Waals surface area contributed by atoms with Gasteiger partial charge in [-0.25, -0.2) is 8.42 Å². The molecule has 2 atom stereocenters. The predicted octanol–water partition coefficient (Wildman–Crippen LogP) is 2.24. The van der Waals surface area contributed by atoms with Crippen LogP contribution in [0.4, 0.5) is 0 Å². The summed E-state index contributed by atoms with van der Waals surface area (Å²) in [6.07, 6.45) is 2.20. The van der Waals surface area contributed by atoms with Crippen molar-refractivity contribution in [2.24, 2.45) is 5.73 Å². The smallest absolute Gasteiger partial charge is 0.148 e. The van der Waals surface area contributed by atoms with Crippen LogP contribution in [0.15, 0.2) is 30.3 Å². The van der Waals surface area contributed by atoms with Crippen LogP contribution in [0, 0.1) is 0 Å². The van der Waals surface area contributed by atoms with Crippen molar-refractivity contribution in [1.29, 1.82) is 0 Å². The highest BCUT2D eigenvalue weighted by atomic mass is 32.2. The van der Waals surface area contributed by atoms with Crippen LogP contribution >= 0.6 is 11.8 Å². The van der Waals surface area contributed by atoms with Crippen LogP contribution in [-0.2, 0) is 9.84 Å². The monoisotopic (exact) mass is 287 g/mol. The molecule has 18 heavy (non-hydrogen) atoms. The minimum Gasteiger partial charge on any atom is -0.323 e. The van der Waals surface area contributed by atoms with E-state index in [1.807, 2.05) is 30.3 Å². The minimum absolute atomic E-state index is 0.0410. The highest BCUT2D eigenvalue weighted by molar-refractivity contribution is 8.01. The highest BCUT2D eigenvalue weighted by Crippen LogP contribution is 2.27. The molecule has 0 aliphatic heterocycles. The van der Waals surface area contributed by atoms with E-state index in [0.717, 1.165) is 12.0 Å². The van der Waals surface area contributed by atoms with Crippen LogP contribution in [0.5, 0.6) is 0 Å². The molecule has 0 spiro atoms. The Balaban J connectivity index is 2.56. The van der Waals surface area contributed by atoms with E-state index >= 15 is 0 Å². The first-order chi connectivity index (χ1) is 8.44. The van der Waals surface area contributed by atoms with Gasteiger partial charge in [-0.3, -0.25) is 0 Å². The Bertz CT molecular complexity index is 445.